The molecule has 1 fully saturated rings. The minimum atomic E-state index is 0.0405. The number of hydrogen-bond donors (Lipinski definition) is 1. The first-order valence-electron chi connectivity index (χ1n) is 4.63. The van der Waals surface area contributed by atoms with Gasteiger partial charge in [0, 0.05) is 11.6 Å². The molecule has 2 heteroatoms. The second-order valence-electron chi connectivity index (χ2n) is 3.39. The van der Waals surface area contributed by atoms with Crippen molar-refractivity contribution in [2.75, 3.05) is 0 Å². The molecule has 67 valence electrons. The Kier molecular flexibility index (Phi) is 2.30. The van der Waals surface area contributed by atoms with Crippen molar-refractivity contribution in [3.05, 3.63) is 35.9 Å². The highest BCUT2D eigenvalue weighted by Gasteiger charge is 2.19. The molecule has 1 aromatic carbocycles. The summed E-state index contributed by atoms with van der Waals surface area (Å²) in [6.45, 7) is 0. The summed E-state index contributed by atoms with van der Waals surface area (Å²) in [5.74, 6) is 0.0405. The van der Waals surface area contributed by atoms with Gasteiger partial charge in [-0.25, -0.2) is 0 Å². The van der Waals surface area contributed by atoms with E-state index in [-0.39, 0.29) is 5.91 Å². The Bertz CT molecular complexity index is 290. The number of hydrogen-bond acceptors (Lipinski definition) is 1. The van der Waals surface area contributed by atoms with E-state index in [1.807, 2.05) is 0 Å². The number of carbonyl (C=O) groups is 1. The maximum atomic E-state index is 11.5. The zero-order valence-corrected chi connectivity index (χ0v) is 7.42. The molecule has 1 aliphatic rings. The van der Waals surface area contributed by atoms with Crippen LogP contribution >= 0.6 is 0 Å². The molecule has 0 heterocycles. The predicted molar refractivity (Wildman–Crippen MR) is 50.4 cm³/mol. The van der Waals surface area contributed by atoms with E-state index in [0.717, 1.165) is 18.4 Å². The fraction of sp³-hybridized carbons (Fsp3) is 0.364. The minimum Gasteiger partial charge on any atom is -0.349 e. The van der Waals surface area contributed by atoms with Crippen LogP contribution in [-0.2, 0) is 0 Å². The third kappa shape index (κ3) is 1.89. The van der Waals surface area contributed by atoms with Crippen LogP contribution in [0.1, 0.15) is 29.6 Å². The molecule has 2 rings (SSSR count). The van der Waals surface area contributed by atoms with E-state index in [4.69, 9.17) is 0 Å². The lowest BCUT2D eigenvalue weighted by atomic mass is 9.93. The number of amides is 1. The molecule has 0 unspecified atom stereocenters. The number of carbonyl (C=O) groups excluding carboxylic acids is 1. The highest BCUT2D eigenvalue weighted by Crippen LogP contribution is 2.18. The van der Waals surface area contributed by atoms with E-state index < -0.39 is 0 Å². The second kappa shape index (κ2) is 3.60. The molecule has 1 amide bonds. The van der Waals surface area contributed by atoms with Crippen LogP contribution in [0.4, 0.5) is 0 Å². The van der Waals surface area contributed by atoms with Gasteiger partial charge in [0.1, 0.15) is 0 Å². The molecule has 1 aliphatic carbocycles. The maximum absolute atomic E-state index is 11.5. The van der Waals surface area contributed by atoms with E-state index in [1.165, 1.54) is 6.42 Å². The molecule has 0 saturated heterocycles. The Morgan fingerprint density at radius 1 is 1.38 bits per heavy atom. The van der Waals surface area contributed by atoms with E-state index in [2.05, 4.69) is 11.4 Å². The summed E-state index contributed by atoms with van der Waals surface area (Å²) in [4.78, 5) is 11.5. The fourth-order valence-corrected chi connectivity index (χ4v) is 1.36. The van der Waals surface area contributed by atoms with Gasteiger partial charge in [-0.2, -0.15) is 0 Å². The van der Waals surface area contributed by atoms with Gasteiger partial charge in [0.15, 0.2) is 0 Å². The Balaban J connectivity index is 1.97. The molecule has 1 N–H and O–H groups in total. The molecule has 2 nitrogen and oxygen atoms in total. The standard InChI is InChI=1S/C11H12NO/c13-11(12-10-7-4-8-10)9-5-2-1-3-6-9/h2-3,5-6,10H,4,7-8H2,(H,12,13). The molecule has 1 aromatic rings. The van der Waals surface area contributed by atoms with E-state index in [0.29, 0.717) is 6.04 Å². The Labute approximate surface area is 78.0 Å². The highest BCUT2D eigenvalue weighted by atomic mass is 16.1. The zero-order chi connectivity index (χ0) is 9.10. The van der Waals surface area contributed by atoms with Gasteiger partial charge in [0.05, 0.1) is 0 Å². The monoisotopic (exact) mass is 174 g/mol. The van der Waals surface area contributed by atoms with Gasteiger partial charge in [-0.3, -0.25) is 4.79 Å². The molecule has 0 atom stereocenters. The molecule has 0 bridgehead atoms. The Morgan fingerprint density at radius 2 is 2.08 bits per heavy atom. The van der Waals surface area contributed by atoms with Gasteiger partial charge < -0.3 is 5.32 Å². The van der Waals surface area contributed by atoms with E-state index >= 15 is 0 Å². The second-order valence-corrected chi connectivity index (χ2v) is 3.39. The normalized spacial score (nSPS) is 16.3. The van der Waals surface area contributed by atoms with Crippen LogP contribution in [0.2, 0.25) is 0 Å². The van der Waals surface area contributed by atoms with Crippen molar-refractivity contribution in [3.63, 3.8) is 0 Å². The highest BCUT2D eigenvalue weighted by molar-refractivity contribution is 5.94. The van der Waals surface area contributed by atoms with Crippen LogP contribution in [0.15, 0.2) is 24.3 Å². The van der Waals surface area contributed by atoms with Gasteiger partial charge in [-0.1, -0.05) is 12.1 Å². The fourth-order valence-electron chi connectivity index (χ4n) is 1.36. The van der Waals surface area contributed by atoms with Gasteiger partial charge in [-0.15, -0.1) is 0 Å². The third-order valence-electron chi connectivity index (χ3n) is 2.42. The van der Waals surface area contributed by atoms with Crippen molar-refractivity contribution in [3.8, 4) is 0 Å². The molecule has 1 radical (unpaired) electrons. The van der Waals surface area contributed by atoms with Crippen LogP contribution in [0.5, 0.6) is 0 Å². The SMILES string of the molecule is O=C(NC1CCC1)c1cc[c]cc1. The zero-order valence-electron chi connectivity index (χ0n) is 7.42. The molecule has 0 aromatic heterocycles. The quantitative estimate of drug-likeness (QED) is 0.727. The van der Waals surface area contributed by atoms with Gasteiger partial charge in [0.2, 0.25) is 0 Å². The summed E-state index contributed by atoms with van der Waals surface area (Å²) in [5, 5.41) is 2.98. The number of nitrogens with one attached hydrogen (secondary N) is 1. The Hall–Kier alpha value is -1.31. The summed E-state index contributed by atoms with van der Waals surface area (Å²) < 4.78 is 0. The number of benzene rings is 1. The average molecular weight is 174 g/mol. The van der Waals surface area contributed by atoms with Gasteiger partial charge >= 0.3 is 0 Å². The minimum absolute atomic E-state index is 0.0405. The molecule has 0 aliphatic heterocycles. The van der Waals surface area contributed by atoms with Crippen LogP contribution in [0, 0.1) is 6.07 Å². The van der Waals surface area contributed by atoms with E-state index in [9.17, 15) is 4.79 Å². The molecular formula is C11H12NO. The van der Waals surface area contributed by atoms with Crippen molar-refractivity contribution in [2.24, 2.45) is 0 Å². The van der Waals surface area contributed by atoms with Crippen LogP contribution in [-0.4, -0.2) is 11.9 Å². The summed E-state index contributed by atoms with van der Waals surface area (Å²) in [5.41, 5.74) is 0.727. The Morgan fingerprint density at radius 3 is 2.62 bits per heavy atom. The summed E-state index contributed by atoms with van der Waals surface area (Å²) in [6, 6.07) is 10.4. The first-order chi connectivity index (χ1) is 6.36. The van der Waals surface area contributed by atoms with E-state index in [1.54, 1.807) is 24.3 Å². The number of rotatable bonds is 2. The maximum Gasteiger partial charge on any atom is 0.251 e. The summed E-state index contributed by atoms with van der Waals surface area (Å²) in [7, 11) is 0. The predicted octanol–water partition coefficient (Wildman–Crippen LogP) is 1.77. The van der Waals surface area contributed by atoms with Crippen molar-refractivity contribution in [1.82, 2.24) is 5.32 Å². The van der Waals surface area contributed by atoms with Crippen LogP contribution in [0.25, 0.3) is 0 Å². The van der Waals surface area contributed by atoms with Crippen molar-refractivity contribution in [1.29, 1.82) is 0 Å². The smallest absolute Gasteiger partial charge is 0.251 e. The molecule has 13 heavy (non-hydrogen) atoms. The third-order valence-corrected chi connectivity index (χ3v) is 2.42. The average Bonchev–Trinajstić information content (AvgIpc) is 2.12. The first-order valence-corrected chi connectivity index (χ1v) is 4.63. The van der Waals surface area contributed by atoms with Crippen molar-refractivity contribution < 1.29 is 4.79 Å². The molecular weight excluding hydrogens is 162 g/mol. The largest absolute Gasteiger partial charge is 0.349 e. The van der Waals surface area contributed by atoms with Gasteiger partial charge in [0.25, 0.3) is 5.91 Å². The first kappa shape index (κ1) is 8.30. The lowest BCUT2D eigenvalue weighted by molar-refractivity contribution is 0.0917. The van der Waals surface area contributed by atoms with Gasteiger partial charge in [-0.05, 0) is 37.5 Å². The van der Waals surface area contributed by atoms with Crippen LogP contribution in [0.3, 0.4) is 0 Å². The molecule has 1 saturated carbocycles. The summed E-state index contributed by atoms with van der Waals surface area (Å²) in [6.07, 6.45) is 3.50. The van der Waals surface area contributed by atoms with Crippen LogP contribution < -0.4 is 5.32 Å². The lowest BCUT2D eigenvalue weighted by Gasteiger charge is -2.26. The summed E-state index contributed by atoms with van der Waals surface area (Å²) >= 11 is 0. The topological polar surface area (TPSA) is 29.1 Å². The lowest BCUT2D eigenvalue weighted by Crippen LogP contribution is -2.39. The molecule has 0 spiro atoms. The van der Waals surface area contributed by atoms with Crippen molar-refractivity contribution in [2.45, 2.75) is 25.3 Å². The van der Waals surface area contributed by atoms with Crippen molar-refractivity contribution >= 4 is 5.91 Å².